The molecule has 0 unspecified atom stereocenters. The molecule has 6 nitrogen and oxygen atoms in total. The third kappa shape index (κ3) is 3.15. The Labute approximate surface area is 123 Å². The van der Waals surface area contributed by atoms with Crippen molar-refractivity contribution in [3.8, 4) is 0 Å². The Morgan fingerprint density at radius 2 is 2.14 bits per heavy atom. The fraction of sp³-hybridized carbons (Fsp3) is 0.533. The molecule has 3 rings (SSSR count). The minimum Gasteiger partial charge on any atom is -0.437 e. The SMILES string of the molecule is CC1CCN(C(=O)c2ncc(Cc3cn(C)cn3)o2)CC1. The van der Waals surface area contributed by atoms with Gasteiger partial charge in [0.25, 0.3) is 5.89 Å². The van der Waals surface area contributed by atoms with Crippen LogP contribution in [-0.4, -0.2) is 38.4 Å². The van der Waals surface area contributed by atoms with Crippen molar-refractivity contribution in [3.63, 3.8) is 0 Å². The highest BCUT2D eigenvalue weighted by Crippen LogP contribution is 2.18. The standard InChI is InChI=1S/C15H20N4O2/c1-11-3-5-19(6-4-11)15(20)14-16-8-13(21-14)7-12-9-18(2)10-17-12/h8-11H,3-7H2,1-2H3. The first-order valence-electron chi connectivity index (χ1n) is 7.32. The molecule has 0 spiro atoms. The van der Waals surface area contributed by atoms with E-state index in [1.807, 2.05) is 22.7 Å². The smallest absolute Gasteiger partial charge is 0.309 e. The molecule has 1 fully saturated rings. The van der Waals surface area contributed by atoms with E-state index in [-0.39, 0.29) is 11.8 Å². The second-order valence-corrected chi connectivity index (χ2v) is 5.81. The molecule has 3 heterocycles. The molecule has 1 saturated heterocycles. The molecule has 21 heavy (non-hydrogen) atoms. The Morgan fingerprint density at radius 1 is 1.38 bits per heavy atom. The average Bonchev–Trinajstić information content (AvgIpc) is 3.09. The van der Waals surface area contributed by atoms with Crippen LogP contribution < -0.4 is 0 Å². The summed E-state index contributed by atoms with van der Waals surface area (Å²) < 4.78 is 7.47. The maximum Gasteiger partial charge on any atom is 0.309 e. The normalized spacial score (nSPS) is 16.4. The van der Waals surface area contributed by atoms with Gasteiger partial charge in [-0.2, -0.15) is 0 Å². The minimum absolute atomic E-state index is 0.103. The van der Waals surface area contributed by atoms with Crippen LogP contribution in [0.25, 0.3) is 0 Å². The summed E-state index contributed by atoms with van der Waals surface area (Å²) in [6, 6.07) is 0. The molecule has 112 valence electrons. The molecule has 6 heteroatoms. The minimum atomic E-state index is -0.103. The van der Waals surface area contributed by atoms with Crippen LogP contribution in [0.4, 0.5) is 0 Å². The molecule has 0 radical (unpaired) electrons. The summed E-state index contributed by atoms with van der Waals surface area (Å²) in [5.41, 5.74) is 0.902. The highest BCUT2D eigenvalue weighted by atomic mass is 16.4. The van der Waals surface area contributed by atoms with Crippen LogP contribution in [0.2, 0.25) is 0 Å². The predicted octanol–water partition coefficient (Wildman–Crippen LogP) is 1.87. The van der Waals surface area contributed by atoms with Crippen molar-refractivity contribution in [3.05, 3.63) is 36.1 Å². The first-order chi connectivity index (χ1) is 10.1. The van der Waals surface area contributed by atoms with Gasteiger partial charge in [-0.3, -0.25) is 4.79 Å². The summed E-state index contributed by atoms with van der Waals surface area (Å²) in [5.74, 6) is 1.45. The van der Waals surface area contributed by atoms with E-state index in [1.165, 1.54) is 0 Å². The number of carbonyl (C=O) groups is 1. The van der Waals surface area contributed by atoms with Crippen LogP contribution in [0, 0.1) is 5.92 Å². The summed E-state index contributed by atoms with van der Waals surface area (Å²) in [6.07, 6.45) is 7.94. The van der Waals surface area contributed by atoms with Gasteiger partial charge in [0.05, 0.1) is 24.6 Å². The predicted molar refractivity (Wildman–Crippen MR) is 76.8 cm³/mol. The van der Waals surface area contributed by atoms with Gasteiger partial charge in [0, 0.05) is 26.3 Å². The Morgan fingerprint density at radius 3 is 2.81 bits per heavy atom. The topological polar surface area (TPSA) is 64.2 Å². The molecule has 1 aliphatic heterocycles. The number of carbonyl (C=O) groups excluding carboxylic acids is 1. The molecule has 0 aliphatic carbocycles. The van der Waals surface area contributed by atoms with E-state index in [4.69, 9.17) is 4.42 Å². The highest BCUT2D eigenvalue weighted by molar-refractivity contribution is 5.89. The van der Waals surface area contributed by atoms with Gasteiger partial charge in [-0.1, -0.05) is 6.92 Å². The van der Waals surface area contributed by atoms with E-state index in [2.05, 4.69) is 16.9 Å². The van der Waals surface area contributed by atoms with Crippen molar-refractivity contribution in [2.45, 2.75) is 26.2 Å². The highest BCUT2D eigenvalue weighted by Gasteiger charge is 2.24. The Hall–Kier alpha value is -2.11. The molecule has 0 N–H and O–H groups in total. The number of hydrogen-bond acceptors (Lipinski definition) is 4. The Bertz CT molecular complexity index is 623. The Kier molecular flexibility index (Phi) is 3.77. The third-order valence-corrected chi connectivity index (χ3v) is 3.92. The summed E-state index contributed by atoms with van der Waals surface area (Å²) in [7, 11) is 1.92. The number of nitrogens with zero attached hydrogens (tertiary/aromatic N) is 4. The van der Waals surface area contributed by atoms with Gasteiger partial charge in [-0.15, -0.1) is 0 Å². The van der Waals surface area contributed by atoms with E-state index < -0.39 is 0 Å². The number of oxazole rings is 1. The summed E-state index contributed by atoms with van der Waals surface area (Å²) >= 11 is 0. The van der Waals surface area contributed by atoms with Crippen LogP contribution in [0.3, 0.4) is 0 Å². The average molecular weight is 288 g/mol. The number of aryl methyl sites for hydroxylation is 1. The zero-order valence-corrected chi connectivity index (χ0v) is 12.5. The Balaban J connectivity index is 1.65. The van der Waals surface area contributed by atoms with Crippen molar-refractivity contribution in [2.24, 2.45) is 13.0 Å². The van der Waals surface area contributed by atoms with Crippen LogP contribution in [0.1, 0.15) is 41.9 Å². The van der Waals surface area contributed by atoms with Crippen LogP contribution >= 0.6 is 0 Å². The maximum absolute atomic E-state index is 12.3. The van der Waals surface area contributed by atoms with Gasteiger partial charge < -0.3 is 13.9 Å². The van der Waals surface area contributed by atoms with E-state index in [0.29, 0.717) is 18.1 Å². The monoisotopic (exact) mass is 288 g/mol. The van der Waals surface area contributed by atoms with Gasteiger partial charge in [-0.05, 0) is 18.8 Å². The maximum atomic E-state index is 12.3. The molecule has 0 aromatic carbocycles. The number of imidazole rings is 1. The van der Waals surface area contributed by atoms with E-state index in [0.717, 1.165) is 31.6 Å². The van der Waals surface area contributed by atoms with Gasteiger partial charge in [0.15, 0.2) is 0 Å². The van der Waals surface area contributed by atoms with Crippen LogP contribution in [0.15, 0.2) is 23.1 Å². The molecule has 1 amide bonds. The van der Waals surface area contributed by atoms with Crippen molar-refractivity contribution in [1.29, 1.82) is 0 Å². The number of amides is 1. The van der Waals surface area contributed by atoms with E-state index >= 15 is 0 Å². The zero-order chi connectivity index (χ0) is 14.8. The molecule has 0 bridgehead atoms. The molecule has 0 atom stereocenters. The molecule has 2 aromatic rings. The number of aromatic nitrogens is 3. The van der Waals surface area contributed by atoms with Gasteiger partial charge >= 0.3 is 5.91 Å². The lowest BCUT2D eigenvalue weighted by Crippen LogP contribution is -2.38. The lowest BCUT2D eigenvalue weighted by Gasteiger charge is -2.29. The van der Waals surface area contributed by atoms with Gasteiger partial charge in [-0.25, -0.2) is 9.97 Å². The van der Waals surface area contributed by atoms with Crippen molar-refractivity contribution in [1.82, 2.24) is 19.4 Å². The molecule has 0 saturated carbocycles. The molecule has 2 aromatic heterocycles. The lowest BCUT2D eigenvalue weighted by molar-refractivity contribution is 0.0655. The van der Waals surface area contributed by atoms with Gasteiger partial charge in [0.1, 0.15) is 5.76 Å². The largest absolute Gasteiger partial charge is 0.437 e. The van der Waals surface area contributed by atoms with Crippen LogP contribution in [-0.2, 0) is 13.5 Å². The summed E-state index contributed by atoms with van der Waals surface area (Å²) in [6.45, 7) is 3.80. The number of hydrogen-bond donors (Lipinski definition) is 0. The quantitative estimate of drug-likeness (QED) is 0.865. The van der Waals surface area contributed by atoms with Crippen molar-refractivity contribution < 1.29 is 9.21 Å². The molecule has 1 aliphatic rings. The first-order valence-corrected chi connectivity index (χ1v) is 7.32. The number of likely N-dealkylation sites (tertiary alicyclic amines) is 1. The van der Waals surface area contributed by atoms with Crippen molar-refractivity contribution in [2.75, 3.05) is 13.1 Å². The molecular weight excluding hydrogens is 268 g/mol. The fourth-order valence-corrected chi connectivity index (χ4v) is 2.57. The second-order valence-electron chi connectivity index (χ2n) is 5.81. The van der Waals surface area contributed by atoms with Gasteiger partial charge in [0.2, 0.25) is 0 Å². The number of piperidine rings is 1. The second kappa shape index (κ2) is 5.71. The van der Waals surface area contributed by atoms with Crippen molar-refractivity contribution >= 4 is 5.91 Å². The van der Waals surface area contributed by atoms with Crippen LogP contribution in [0.5, 0.6) is 0 Å². The summed E-state index contributed by atoms with van der Waals surface area (Å²) in [5, 5.41) is 0. The third-order valence-electron chi connectivity index (χ3n) is 3.92. The number of rotatable bonds is 3. The lowest BCUT2D eigenvalue weighted by atomic mass is 9.99. The molecular formula is C15H20N4O2. The van der Waals surface area contributed by atoms with E-state index in [9.17, 15) is 4.79 Å². The zero-order valence-electron chi connectivity index (χ0n) is 12.5. The first kappa shape index (κ1) is 13.9. The fourth-order valence-electron chi connectivity index (χ4n) is 2.57. The van der Waals surface area contributed by atoms with E-state index in [1.54, 1.807) is 12.5 Å². The summed E-state index contributed by atoms with van der Waals surface area (Å²) in [4.78, 5) is 22.5.